The minimum absolute atomic E-state index is 0.729. The normalized spacial score (nSPS) is 33.1. The Kier molecular flexibility index (Phi) is 7.48. The van der Waals surface area contributed by atoms with Gasteiger partial charge in [-0.25, -0.2) is 4.79 Å². The summed E-state index contributed by atoms with van der Waals surface area (Å²) in [5.41, 5.74) is 0. The molecule has 2 heteroatoms. The van der Waals surface area contributed by atoms with Gasteiger partial charge in [-0.2, -0.15) is 0 Å². The molecule has 0 radical (unpaired) electrons. The van der Waals surface area contributed by atoms with Crippen molar-refractivity contribution in [3.05, 3.63) is 12.2 Å². The van der Waals surface area contributed by atoms with Crippen LogP contribution in [0.5, 0.6) is 0 Å². The van der Waals surface area contributed by atoms with Gasteiger partial charge in [-0.3, -0.25) is 0 Å². The molecule has 2 fully saturated rings. The lowest BCUT2D eigenvalue weighted by Crippen LogP contribution is -2.25. The number of unbranched alkanes of at least 4 members (excludes halogenated alkanes) is 1. The predicted octanol–water partition coefficient (Wildman–Crippen LogP) is 5.82. The highest BCUT2D eigenvalue weighted by Crippen LogP contribution is 2.42. The molecule has 2 aliphatic rings. The fourth-order valence-corrected chi connectivity index (χ4v) is 4.70. The fraction of sp³-hybridized carbons (Fsp3) is 0.850. The summed E-state index contributed by atoms with van der Waals surface area (Å²) in [6.45, 7) is 2.30. The Morgan fingerprint density at radius 1 is 0.955 bits per heavy atom. The standard InChI is InChI=1S/C20H34O2/c1-2-3-5-16-8-12-18(13-9-16)19-14-10-17(11-15-19)6-4-7-20(21)22/h4,7,16-19H,2-3,5-6,8-15H2,1H3,(H,21,22)/b7-4+/t16-,17-,18-,19-. The molecule has 0 aromatic rings. The first-order chi connectivity index (χ1) is 10.7. The second kappa shape index (κ2) is 9.37. The molecule has 22 heavy (non-hydrogen) atoms. The lowest BCUT2D eigenvalue weighted by molar-refractivity contribution is -0.131. The van der Waals surface area contributed by atoms with Gasteiger partial charge in [-0.05, 0) is 68.6 Å². The van der Waals surface area contributed by atoms with E-state index in [9.17, 15) is 4.79 Å². The zero-order chi connectivity index (χ0) is 15.8. The summed E-state index contributed by atoms with van der Waals surface area (Å²) in [6.07, 6.45) is 19.7. The maximum atomic E-state index is 10.5. The smallest absolute Gasteiger partial charge is 0.327 e. The molecule has 0 aromatic carbocycles. The van der Waals surface area contributed by atoms with Crippen molar-refractivity contribution in [3.8, 4) is 0 Å². The summed E-state index contributed by atoms with van der Waals surface area (Å²) < 4.78 is 0. The van der Waals surface area contributed by atoms with Gasteiger partial charge < -0.3 is 5.11 Å². The van der Waals surface area contributed by atoms with E-state index in [0.717, 1.165) is 30.1 Å². The molecule has 0 atom stereocenters. The van der Waals surface area contributed by atoms with Gasteiger partial charge in [-0.1, -0.05) is 45.1 Å². The molecule has 0 amide bonds. The third kappa shape index (κ3) is 5.78. The third-order valence-electron chi connectivity index (χ3n) is 6.15. The van der Waals surface area contributed by atoms with Gasteiger partial charge in [0.2, 0.25) is 0 Å². The first-order valence-corrected chi connectivity index (χ1v) is 9.58. The highest BCUT2D eigenvalue weighted by atomic mass is 16.4. The Bertz CT molecular complexity index is 345. The summed E-state index contributed by atoms with van der Waals surface area (Å²) in [4.78, 5) is 10.5. The zero-order valence-corrected chi connectivity index (χ0v) is 14.3. The van der Waals surface area contributed by atoms with Gasteiger partial charge in [0.1, 0.15) is 0 Å². The fourth-order valence-electron chi connectivity index (χ4n) is 4.70. The molecular formula is C20H34O2. The van der Waals surface area contributed by atoms with E-state index in [2.05, 4.69) is 6.92 Å². The van der Waals surface area contributed by atoms with Crippen LogP contribution in [0.2, 0.25) is 0 Å². The highest BCUT2D eigenvalue weighted by Gasteiger charge is 2.30. The van der Waals surface area contributed by atoms with Crippen molar-refractivity contribution in [1.82, 2.24) is 0 Å². The van der Waals surface area contributed by atoms with E-state index in [-0.39, 0.29) is 0 Å². The van der Waals surface area contributed by atoms with Gasteiger partial charge >= 0.3 is 5.97 Å². The number of carbonyl (C=O) groups is 1. The maximum absolute atomic E-state index is 10.5. The maximum Gasteiger partial charge on any atom is 0.327 e. The first kappa shape index (κ1) is 17.6. The van der Waals surface area contributed by atoms with Crippen molar-refractivity contribution >= 4 is 5.97 Å². The third-order valence-corrected chi connectivity index (χ3v) is 6.15. The number of allylic oxidation sites excluding steroid dienone is 1. The molecule has 0 unspecified atom stereocenters. The summed E-state index contributed by atoms with van der Waals surface area (Å²) in [5, 5.41) is 8.64. The second-order valence-electron chi connectivity index (χ2n) is 7.68. The van der Waals surface area contributed by atoms with Crippen LogP contribution in [0.4, 0.5) is 0 Å². The SMILES string of the molecule is CCCC[C@H]1CC[C@H]([C@H]2CC[C@H](C/C=C/C(=O)O)CC2)CC1. The highest BCUT2D eigenvalue weighted by molar-refractivity contribution is 5.79. The molecule has 2 rings (SSSR count). The predicted molar refractivity (Wildman–Crippen MR) is 91.8 cm³/mol. The Morgan fingerprint density at radius 2 is 1.50 bits per heavy atom. The summed E-state index contributed by atoms with van der Waals surface area (Å²) in [5.74, 6) is 2.90. The van der Waals surface area contributed by atoms with Crippen LogP contribution in [-0.4, -0.2) is 11.1 Å². The van der Waals surface area contributed by atoms with E-state index in [4.69, 9.17) is 5.11 Å². The molecule has 0 aromatic heterocycles. The molecule has 2 nitrogen and oxygen atoms in total. The Morgan fingerprint density at radius 3 is 2.00 bits per heavy atom. The number of aliphatic carboxylic acids is 1. The molecule has 0 aliphatic heterocycles. The quantitative estimate of drug-likeness (QED) is 0.602. The molecular weight excluding hydrogens is 272 g/mol. The van der Waals surface area contributed by atoms with Crippen LogP contribution < -0.4 is 0 Å². The number of hydrogen-bond donors (Lipinski definition) is 1. The lowest BCUT2D eigenvalue weighted by Gasteiger charge is -2.37. The average molecular weight is 306 g/mol. The number of rotatable bonds is 7. The van der Waals surface area contributed by atoms with Crippen molar-refractivity contribution in [3.63, 3.8) is 0 Å². The van der Waals surface area contributed by atoms with E-state index in [1.165, 1.54) is 76.7 Å². The van der Waals surface area contributed by atoms with Crippen molar-refractivity contribution in [1.29, 1.82) is 0 Å². The van der Waals surface area contributed by atoms with Gasteiger partial charge in [0.25, 0.3) is 0 Å². The minimum Gasteiger partial charge on any atom is -0.478 e. The first-order valence-electron chi connectivity index (χ1n) is 9.58. The molecule has 0 bridgehead atoms. The van der Waals surface area contributed by atoms with E-state index in [1.807, 2.05) is 6.08 Å². The molecule has 2 saturated carbocycles. The van der Waals surface area contributed by atoms with Gasteiger partial charge in [-0.15, -0.1) is 0 Å². The zero-order valence-electron chi connectivity index (χ0n) is 14.3. The number of carboxylic acids is 1. The molecule has 0 spiro atoms. The molecule has 0 heterocycles. The van der Waals surface area contributed by atoms with Crippen LogP contribution in [0.15, 0.2) is 12.2 Å². The number of hydrogen-bond acceptors (Lipinski definition) is 1. The van der Waals surface area contributed by atoms with Gasteiger partial charge in [0.15, 0.2) is 0 Å². The summed E-state index contributed by atoms with van der Waals surface area (Å²) >= 11 is 0. The van der Waals surface area contributed by atoms with Crippen LogP contribution >= 0.6 is 0 Å². The van der Waals surface area contributed by atoms with Crippen molar-refractivity contribution in [2.45, 2.75) is 84.0 Å². The van der Waals surface area contributed by atoms with Crippen LogP contribution in [0.3, 0.4) is 0 Å². The Balaban J connectivity index is 1.64. The van der Waals surface area contributed by atoms with E-state index in [0.29, 0.717) is 0 Å². The molecule has 1 N–H and O–H groups in total. The van der Waals surface area contributed by atoms with Crippen LogP contribution in [0.25, 0.3) is 0 Å². The average Bonchev–Trinajstić information content (AvgIpc) is 2.54. The van der Waals surface area contributed by atoms with Crippen LogP contribution in [-0.2, 0) is 4.79 Å². The van der Waals surface area contributed by atoms with Gasteiger partial charge in [0, 0.05) is 6.08 Å². The Labute approximate surface area is 136 Å². The molecule has 2 aliphatic carbocycles. The topological polar surface area (TPSA) is 37.3 Å². The van der Waals surface area contributed by atoms with E-state index in [1.54, 1.807) is 0 Å². The second-order valence-corrected chi connectivity index (χ2v) is 7.68. The van der Waals surface area contributed by atoms with Crippen molar-refractivity contribution < 1.29 is 9.90 Å². The van der Waals surface area contributed by atoms with E-state index < -0.39 is 5.97 Å². The minimum atomic E-state index is -0.812. The Hall–Kier alpha value is -0.790. The van der Waals surface area contributed by atoms with E-state index >= 15 is 0 Å². The largest absolute Gasteiger partial charge is 0.478 e. The van der Waals surface area contributed by atoms with Gasteiger partial charge in [0.05, 0.1) is 0 Å². The summed E-state index contributed by atoms with van der Waals surface area (Å²) in [6, 6.07) is 0. The van der Waals surface area contributed by atoms with Crippen LogP contribution in [0.1, 0.15) is 84.0 Å². The molecule has 0 saturated heterocycles. The molecule has 126 valence electrons. The summed E-state index contributed by atoms with van der Waals surface area (Å²) in [7, 11) is 0. The van der Waals surface area contributed by atoms with Crippen molar-refractivity contribution in [2.75, 3.05) is 0 Å². The monoisotopic (exact) mass is 306 g/mol. The van der Waals surface area contributed by atoms with Crippen molar-refractivity contribution in [2.24, 2.45) is 23.7 Å². The number of carboxylic acid groups (broad SMARTS) is 1. The van der Waals surface area contributed by atoms with Crippen LogP contribution in [0, 0.1) is 23.7 Å². The lowest BCUT2D eigenvalue weighted by atomic mass is 9.68.